The van der Waals surface area contributed by atoms with E-state index in [4.69, 9.17) is 4.74 Å². The Hall–Kier alpha value is -1.60. The van der Waals surface area contributed by atoms with Crippen molar-refractivity contribution >= 4 is 15.9 Å². The van der Waals surface area contributed by atoms with Crippen molar-refractivity contribution < 1.29 is 17.9 Å². The Bertz CT molecular complexity index is 763. The van der Waals surface area contributed by atoms with E-state index in [1.807, 2.05) is 18.2 Å². The second kappa shape index (κ2) is 7.96. The number of hydrogen-bond donors (Lipinski definition) is 1. The Morgan fingerprint density at radius 1 is 1.31 bits per heavy atom. The number of carbonyl (C=O) groups excluding carboxylic acids is 1. The molecule has 1 aromatic carbocycles. The van der Waals surface area contributed by atoms with Crippen molar-refractivity contribution in [2.75, 3.05) is 26.0 Å². The Morgan fingerprint density at radius 3 is 2.85 bits per heavy atom. The molecule has 0 bridgehead atoms. The van der Waals surface area contributed by atoms with Gasteiger partial charge in [-0.1, -0.05) is 6.07 Å². The predicted molar refractivity (Wildman–Crippen MR) is 101 cm³/mol. The minimum atomic E-state index is -3.24. The van der Waals surface area contributed by atoms with Crippen LogP contribution in [0.3, 0.4) is 0 Å². The molecule has 2 atom stereocenters. The molecular weight excluding hydrogens is 352 g/mol. The zero-order valence-electron chi connectivity index (χ0n) is 15.5. The minimum Gasteiger partial charge on any atom is -0.497 e. The highest BCUT2D eigenvalue weighted by atomic mass is 32.2. The van der Waals surface area contributed by atoms with E-state index in [0.29, 0.717) is 13.1 Å². The number of nitrogens with zero attached hydrogens (tertiary/aromatic N) is 1. The van der Waals surface area contributed by atoms with Gasteiger partial charge >= 0.3 is 0 Å². The van der Waals surface area contributed by atoms with Crippen LogP contribution in [-0.2, 0) is 21.2 Å². The first-order chi connectivity index (χ1) is 12.4. The summed E-state index contributed by atoms with van der Waals surface area (Å²) < 4.78 is 31.0. The van der Waals surface area contributed by atoms with E-state index in [9.17, 15) is 13.2 Å². The zero-order chi connectivity index (χ0) is 18.7. The van der Waals surface area contributed by atoms with Gasteiger partial charge in [0.15, 0.2) is 0 Å². The van der Waals surface area contributed by atoms with Crippen LogP contribution in [0.15, 0.2) is 18.2 Å². The number of benzene rings is 1. The fourth-order valence-corrected chi connectivity index (χ4v) is 5.13. The summed E-state index contributed by atoms with van der Waals surface area (Å²) in [5, 5.41) is 3.17. The normalized spacial score (nSPS) is 23.9. The van der Waals surface area contributed by atoms with Crippen LogP contribution < -0.4 is 10.1 Å². The molecule has 2 aliphatic rings. The first-order valence-corrected chi connectivity index (χ1v) is 11.0. The molecule has 26 heavy (non-hydrogen) atoms. The number of rotatable bonds is 5. The molecule has 1 aliphatic carbocycles. The molecule has 0 spiro atoms. The molecule has 1 amide bonds. The molecule has 1 heterocycles. The summed E-state index contributed by atoms with van der Waals surface area (Å²) >= 11 is 0. The lowest BCUT2D eigenvalue weighted by molar-refractivity contribution is -0.127. The van der Waals surface area contributed by atoms with E-state index in [1.54, 1.807) is 14.0 Å². The second-order valence-corrected chi connectivity index (χ2v) is 9.37. The van der Waals surface area contributed by atoms with Crippen LogP contribution in [0, 0.1) is 5.92 Å². The summed E-state index contributed by atoms with van der Waals surface area (Å²) in [6.45, 7) is 2.46. The second-order valence-electron chi connectivity index (χ2n) is 7.12. The van der Waals surface area contributed by atoms with Gasteiger partial charge in [-0.25, -0.2) is 12.7 Å². The summed E-state index contributed by atoms with van der Waals surface area (Å²) in [5.74, 6) is 0.617. The first kappa shape index (κ1) is 19.2. The molecule has 1 N–H and O–H groups in total. The molecule has 7 heteroatoms. The van der Waals surface area contributed by atoms with E-state index >= 15 is 0 Å². The van der Waals surface area contributed by atoms with E-state index in [2.05, 4.69) is 5.32 Å². The van der Waals surface area contributed by atoms with E-state index < -0.39 is 10.0 Å². The maximum atomic E-state index is 12.8. The highest BCUT2D eigenvalue weighted by Gasteiger charge is 2.33. The van der Waals surface area contributed by atoms with Crippen molar-refractivity contribution in [2.45, 2.75) is 45.1 Å². The highest BCUT2D eigenvalue weighted by molar-refractivity contribution is 7.89. The first-order valence-electron chi connectivity index (χ1n) is 9.39. The summed E-state index contributed by atoms with van der Waals surface area (Å²) in [7, 11) is -1.58. The lowest BCUT2D eigenvalue weighted by Crippen LogP contribution is -2.46. The van der Waals surface area contributed by atoms with Crippen LogP contribution in [-0.4, -0.2) is 44.6 Å². The van der Waals surface area contributed by atoms with Gasteiger partial charge in [-0.2, -0.15) is 0 Å². The third kappa shape index (κ3) is 4.04. The third-order valence-electron chi connectivity index (χ3n) is 5.49. The monoisotopic (exact) mass is 380 g/mol. The van der Waals surface area contributed by atoms with E-state index in [1.165, 1.54) is 9.87 Å². The van der Waals surface area contributed by atoms with Gasteiger partial charge in [0.05, 0.1) is 24.8 Å². The molecule has 1 saturated heterocycles. The van der Waals surface area contributed by atoms with Crippen molar-refractivity contribution in [1.29, 1.82) is 0 Å². The standard InChI is InChI=1S/C19H28N2O4S/c1-3-26(23,24)21-11-5-7-15(13-21)19(22)20-18-8-4-6-14-12-16(25-2)9-10-17(14)18/h9-10,12,15,18H,3-8,11,13H2,1-2H3,(H,20,22)/t15-,18-/m0/s1. The Morgan fingerprint density at radius 2 is 2.12 bits per heavy atom. The topological polar surface area (TPSA) is 75.7 Å². The minimum absolute atomic E-state index is 0.00434. The van der Waals surface area contributed by atoms with E-state index in [0.717, 1.165) is 43.4 Å². The molecular formula is C19H28N2O4S. The van der Waals surface area contributed by atoms with Crippen LogP contribution in [0.4, 0.5) is 0 Å². The van der Waals surface area contributed by atoms with Gasteiger partial charge in [-0.3, -0.25) is 4.79 Å². The third-order valence-corrected chi connectivity index (χ3v) is 7.34. The van der Waals surface area contributed by atoms with E-state index in [-0.39, 0.29) is 23.6 Å². The Balaban J connectivity index is 1.69. The number of sulfonamides is 1. The molecule has 1 aromatic rings. The number of hydrogen-bond acceptors (Lipinski definition) is 4. The SMILES string of the molecule is CCS(=O)(=O)N1CCC[C@H](C(=O)N[C@H]2CCCc3cc(OC)ccc32)C1. The van der Waals surface area contributed by atoms with Crippen molar-refractivity contribution in [1.82, 2.24) is 9.62 Å². The van der Waals surface area contributed by atoms with Crippen molar-refractivity contribution in [3.63, 3.8) is 0 Å². The molecule has 0 saturated carbocycles. The molecule has 1 aliphatic heterocycles. The fraction of sp³-hybridized carbons (Fsp3) is 0.632. The molecule has 0 unspecified atom stereocenters. The lowest BCUT2D eigenvalue weighted by atomic mass is 9.87. The Labute approximate surface area is 156 Å². The van der Waals surface area contributed by atoms with Gasteiger partial charge in [0.1, 0.15) is 5.75 Å². The average Bonchev–Trinajstić information content (AvgIpc) is 2.67. The zero-order valence-corrected chi connectivity index (χ0v) is 16.3. The molecule has 1 fully saturated rings. The number of piperidine rings is 1. The summed E-state index contributed by atoms with van der Waals surface area (Å²) in [6, 6.07) is 6.01. The maximum absolute atomic E-state index is 12.8. The van der Waals surface area contributed by atoms with Crippen molar-refractivity contribution in [3.8, 4) is 5.75 Å². The lowest BCUT2D eigenvalue weighted by Gasteiger charge is -2.33. The van der Waals surface area contributed by atoms with Crippen LogP contribution in [0.1, 0.15) is 49.8 Å². The van der Waals surface area contributed by atoms with Gasteiger partial charge < -0.3 is 10.1 Å². The van der Waals surface area contributed by atoms with Crippen molar-refractivity contribution in [2.24, 2.45) is 5.92 Å². The Kier molecular flexibility index (Phi) is 5.87. The van der Waals surface area contributed by atoms with Gasteiger partial charge in [-0.15, -0.1) is 0 Å². The molecule has 144 valence electrons. The quantitative estimate of drug-likeness (QED) is 0.850. The van der Waals surface area contributed by atoms with Gasteiger partial charge in [0.25, 0.3) is 0 Å². The average molecular weight is 381 g/mol. The van der Waals surface area contributed by atoms with Crippen LogP contribution in [0.2, 0.25) is 0 Å². The van der Waals surface area contributed by atoms with Crippen LogP contribution in [0.5, 0.6) is 5.75 Å². The highest BCUT2D eigenvalue weighted by Crippen LogP contribution is 2.32. The smallest absolute Gasteiger partial charge is 0.224 e. The maximum Gasteiger partial charge on any atom is 0.224 e. The molecule has 0 aromatic heterocycles. The van der Waals surface area contributed by atoms with Gasteiger partial charge in [0, 0.05) is 13.1 Å². The number of amides is 1. The fourth-order valence-electron chi connectivity index (χ4n) is 3.95. The number of methoxy groups -OCH3 is 1. The predicted octanol–water partition coefficient (Wildman–Crippen LogP) is 2.25. The largest absolute Gasteiger partial charge is 0.497 e. The molecule has 3 rings (SSSR count). The van der Waals surface area contributed by atoms with Gasteiger partial charge in [-0.05, 0) is 62.3 Å². The number of ether oxygens (including phenoxy) is 1. The summed E-state index contributed by atoms with van der Waals surface area (Å²) in [4.78, 5) is 12.8. The number of fused-ring (bicyclic) bond motifs is 1. The summed E-state index contributed by atoms with van der Waals surface area (Å²) in [6.07, 6.45) is 4.39. The number of carbonyl (C=O) groups is 1. The number of nitrogens with one attached hydrogen (secondary N) is 1. The van der Waals surface area contributed by atoms with Gasteiger partial charge in [0.2, 0.25) is 15.9 Å². The summed E-state index contributed by atoms with van der Waals surface area (Å²) in [5.41, 5.74) is 2.37. The van der Waals surface area contributed by atoms with Crippen molar-refractivity contribution in [3.05, 3.63) is 29.3 Å². The molecule has 6 nitrogen and oxygen atoms in total. The number of aryl methyl sites for hydroxylation is 1. The van der Waals surface area contributed by atoms with Crippen LogP contribution in [0.25, 0.3) is 0 Å². The molecule has 0 radical (unpaired) electrons. The van der Waals surface area contributed by atoms with Crippen LogP contribution >= 0.6 is 0 Å².